The number of aromatic nitrogens is 3. The number of pyridine rings is 1. The summed E-state index contributed by atoms with van der Waals surface area (Å²) in [4.78, 5) is 3.64. The van der Waals surface area contributed by atoms with Crippen LogP contribution in [0.15, 0.2) is 25.8 Å². The van der Waals surface area contributed by atoms with E-state index in [-0.39, 0.29) is 11.6 Å². The molecule has 2 rings (SSSR count). The molecule has 10 heteroatoms. The van der Waals surface area contributed by atoms with Crippen LogP contribution in [0.5, 0.6) is 0 Å². The van der Waals surface area contributed by atoms with Gasteiger partial charge in [-0.25, -0.2) is 4.98 Å². The highest BCUT2D eigenvalue weighted by atomic mass is 32.2. The first-order valence-corrected chi connectivity index (χ1v) is 8.12. The molecule has 4 nitrogen and oxygen atoms in total. The van der Waals surface area contributed by atoms with Gasteiger partial charge in [0.15, 0.2) is 8.68 Å². The maximum absolute atomic E-state index is 12.7. The minimum absolute atomic E-state index is 0.113. The van der Waals surface area contributed by atoms with Crippen molar-refractivity contribution in [2.75, 3.05) is 6.26 Å². The van der Waals surface area contributed by atoms with E-state index in [2.05, 4.69) is 15.2 Å². The molecule has 0 fully saturated rings. The molecule has 0 saturated carbocycles. The molecule has 2 aromatic heterocycles. The van der Waals surface area contributed by atoms with Gasteiger partial charge in [-0.3, -0.25) is 0 Å². The number of nitrogens with zero attached hydrogens (tertiary/aromatic N) is 3. The topological polar surface area (TPSA) is 64.7 Å². The van der Waals surface area contributed by atoms with Crippen molar-refractivity contribution in [1.82, 2.24) is 15.2 Å². The molecule has 0 aliphatic heterocycles. The molecule has 2 aromatic rings. The molecule has 2 heterocycles. The Hall–Kier alpha value is -0.840. The lowest BCUT2D eigenvalue weighted by Crippen LogP contribution is -2.10. The van der Waals surface area contributed by atoms with E-state index in [1.807, 2.05) is 6.26 Å². The maximum atomic E-state index is 12.7. The van der Waals surface area contributed by atoms with Crippen LogP contribution in [0.25, 0.3) is 0 Å². The molecule has 0 aromatic carbocycles. The molecule has 0 bridgehead atoms. The average molecular weight is 338 g/mol. The van der Waals surface area contributed by atoms with Crippen LogP contribution in [0.4, 0.5) is 13.2 Å². The summed E-state index contributed by atoms with van der Waals surface area (Å²) < 4.78 is 39.3. The molecular formula is C10H9F3N4S3. The third kappa shape index (κ3) is 3.62. The van der Waals surface area contributed by atoms with Crippen molar-refractivity contribution < 1.29 is 13.2 Å². The first-order valence-electron chi connectivity index (χ1n) is 5.26. The van der Waals surface area contributed by atoms with Crippen molar-refractivity contribution in [3.05, 3.63) is 23.4 Å². The molecule has 108 valence electrons. The Morgan fingerprint density at radius 3 is 2.50 bits per heavy atom. The normalized spacial score (nSPS) is 11.8. The second kappa shape index (κ2) is 6.29. The van der Waals surface area contributed by atoms with Gasteiger partial charge in [0.2, 0.25) is 0 Å². The lowest BCUT2D eigenvalue weighted by molar-refractivity contribution is -0.141. The number of thioether (sulfide) groups is 1. The van der Waals surface area contributed by atoms with E-state index in [1.54, 1.807) is 0 Å². The van der Waals surface area contributed by atoms with Crippen molar-refractivity contribution in [3.8, 4) is 0 Å². The molecular weight excluding hydrogens is 329 g/mol. The van der Waals surface area contributed by atoms with Crippen molar-refractivity contribution in [2.45, 2.75) is 26.4 Å². The smallest absolute Gasteiger partial charge is 0.326 e. The Balaban J connectivity index is 2.33. The fourth-order valence-corrected chi connectivity index (χ4v) is 3.75. The predicted octanol–water partition coefficient (Wildman–Crippen LogP) is 3.28. The van der Waals surface area contributed by atoms with Crippen molar-refractivity contribution in [1.29, 1.82) is 0 Å². The van der Waals surface area contributed by atoms with Gasteiger partial charge in [-0.2, -0.15) is 13.2 Å². The lowest BCUT2D eigenvalue weighted by atomic mass is 10.2. The Bertz CT molecular complexity index is 600. The Labute approximate surface area is 125 Å². The summed E-state index contributed by atoms with van der Waals surface area (Å²) in [6.07, 6.45) is -2.63. The summed E-state index contributed by atoms with van der Waals surface area (Å²) in [5, 5.41) is 8.00. The van der Waals surface area contributed by atoms with Gasteiger partial charge in [0.05, 0.1) is 0 Å². The van der Waals surface area contributed by atoms with Gasteiger partial charge in [0, 0.05) is 6.54 Å². The zero-order valence-corrected chi connectivity index (χ0v) is 12.6. The van der Waals surface area contributed by atoms with Crippen LogP contribution in [0.1, 0.15) is 11.3 Å². The van der Waals surface area contributed by atoms with Crippen LogP contribution in [0, 0.1) is 0 Å². The molecule has 0 amide bonds. The summed E-state index contributed by atoms with van der Waals surface area (Å²) in [6.45, 7) is 0.113. The fourth-order valence-electron chi connectivity index (χ4n) is 1.27. The number of alkyl halides is 3. The molecule has 2 N–H and O–H groups in total. The van der Waals surface area contributed by atoms with Crippen LogP contribution >= 0.6 is 34.9 Å². The number of rotatable bonds is 4. The summed E-state index contributed by atoms with van der Waals surface area (Å²) in [5.74, 6) is 0. The van der Waals surface area contributed by atoms with E-state index in [0.717, 1.165) is 22.2 Å². The van der Waals surface area contributed by atoms with E-state index >= 15 is 0 Å². The van der Waals surface area contributed by atoms with Crippen LogP contribution in [-0.4, -0.2) is 21.4 Å². The van der Waals surface area contributed by atoms with E-state index < -0.39 is 11.9 Å². The van der Waals surface area contributed by atoms with Crippen LogP contribution in [-0.2, 0) is 12.7 Å². The predicted molar refractivity (Wildman–Crippen MR) is 72.9 cm³/mol. The van der Waals surface area contributed by atoms with Gasteiger partial charge in [0.25, 0.3) is 0 Å². The first-order chi connectivity index (χ1) is 9.44. The highest BCUT2D eigenvalue weighted by Crippen LogP contribution is 2.36. The highest BCUT2D eigenvalue weighted by molar-refractivity contribution is 8.03. The largest absolute Gasteiger partial charge is 0.433 e. The number of hydrogen-bond donors (Lipinski definition) is 1. The minimum atomic E-state index is -4.48. The number of hydrogen-bond acceptors (Lipinski definition) is 7. The summed E-state index contributed by atoms with van der Waals surface area (Å²) in [5.41, 5.74) is 5.13. The van der Waals surface area contributed by atoms with Crippen molar-refractivity contribution in [2.24, 2.45) is 5.73 Å². The molecule has 0 unspecified atom stereocenters. The van der Waals surface area contributed by atoms with Gasteiger partial charge >= 0.3 is 6.18 Å². The van der Waals surface area contributed by atoms with Crippen molar-refractivity contribution in [3.63, 3.8) is 0 Å². The standard InChI is InChI=1S/C10H9F3N4S3/c1-18-8-16-17-9(20-8)19-7-5(4-14)2-3-6(15-7)10(11,12)13/h2-3H,4,14H2,1H3. The van der Waals surface area contributed by atoms with Gasteiger partial charge < -0.3 is 5.73 Å². The maximum Gasteiger partial charge on any atom is 0.433 e. The summed E-state index contributed by atoms with van der Waals surface area (Å²) >= 11 is 3.77. The number of nitrogens with two attached hydrogens (primary N) is 1. The monoisotopic (exact) mass is 338 g/mol. The SMILES string of the molecule is CSc1nnc(Sc2nc(C(F)(F)F)ccc2CN)s1. The Morgan fingerprint density at radius 2 is 1.95 bits per heavy atom. The van der Waals surface area contributed by atoms with Crippen molar-refractivity contribution >= 4 is 34.9 Å². The zero-order chi connectivity index (χ0) is 14.8. The van der Waals surface area contributed by atoms with E-state index in [4.69, 9.17) is 5.73 Å². The summed E-state index contributed by atoms with van der Waals surface area (Å²) in [7, 11) is 0. The molecule has 0 radical (unpaired) electrons. The second-order valence-electron chi connectivity index (χ2n) is 3.50. The molecule has 0 atom stereocenters. The van der Waals surface area contributed by atoms with Gasteiger partial charge in [-0.1, -0.05) is 29.2 Å². The molecule has 0 aliphatic rings. The minimum Gasteiger partial charge on any atom is -0.326 e. The summed E-state index contributed by atoms with van der Waals surface area (Å²) in [6, 6.07) is 2.27. The fraction of sp³-hybridized carbons (Fsp3) is 0.300. The first kappa shape index (κ1) is 15.5. The van der Waals surface area contributed by atoms with Crippen LogP contribution in [0.2, 0.25) is 0 Å². The lowest BCUT2D eigenvalue weighted by Gasteiger charge is -2.09. The third-order valence-corrected chi connectivity index (χ3v) is 5.19. The second-order valence-corrected chi connectivity index (χ2v) is 6.77. The Morgan fingerprint density at radius 1 is 1.25 bits per heavy atom. The average Bonchev–Trinajstić information content (AvgIpc) is 2.85. The highest BCUT2D eigenvalue weighted by Gasteiger charge is 2.33. The molecule has 20 heavy (non-hydrogen) atoms. The van der Waals surface area contributed by atoms with Gasteiger partial charge in [-0.15, -0.1) is 10.2 Å². The van der Waals surface area contributed by atoms with Crippen LogP contribution < -0.4 is 5.73 Å². The van der Waals surface area contributed by atoms with E-state index in [0.29, 0.717) is 9.90 Å². The van der Waals surface area contributed by atoms with E-state index in [1.165, 1.54) is 29.2 Å². The van der Waals surface area contributed by atoms with Gasteiger partial charge in [-0.05, 0) is 29.6 Å². The molecule has 0 saturated heterocycles. The zero-order valence-electron chi connectivity index (χ0n) is 10.1. The Kier molecular flexibility index (Phi) is 4.89. The van der Waals surface area contributed by atoms with E-state index in [9.17, 15) is 13.2 Å². The van der Waals surface area contributed by atoms with Gasteiger partial charge in [0.1, 0.15) is 10.7 Å². The van der Waals surface area contributed by atoms with Crippen LogP contribution in [0.3, 0.4) is 0 Å². The quantitative estimate of drug-likeness (QED) is 0.863. The molecule has 0 aliphatic carbocycles. The molecule has 0 spiro atoms. The third-order valence-electron chi connectivity index (χ3n) is 2.20. The number of halogens is 3.